The second-order valence-electron chi connectivity index (χ2n) is 7.85. The third-order valence-electron chi connectivity index (χ3n) is 5.65. The van der Waals surface area contributed by atoms with E-state index in [2.05, 4.69) is 35.1 Å². The van der Waals surface area contributed by atoms with Gasteiger partial charge in [0, 0.05) is 49.1 Å². The fourth-order valence-corrected chi connectivity index (χ4v) is 4.04. The second-order valence-corrected chi connectivity index (χ2v) is 7.85. The summed E-state index contributed by atoms with van der Waals surface area (Å²) in [4.78, 5) is 34.6. The van der Waals surface area contributed by atoms with Gasteiger partial charge in [0.25, 0.3) is 0 Å². The molecule has 8 nitrogen and oxygen atoms in total. The maximum Gasteiger partial charge on any atom is 0.419 e. The van der Waals surface area contributed by atoms with Crippen molar-refractivity contribution in [3.05, 3.63) is 53.9 Å². The Balaban J connectivity index is 1.65. The summed E-state index contributed by atoms with van der Waals surface area (Å²) in [5, 5.41) is 3.16. The predicted molar refractivity (Wildman–Crippen MR) is 116 cm³/mol. The van der Waals surface area contributed by atoms with Crippen LogP contribution >= 0.6 is 0 Å². The zero-order chi connectivity index (χ0) is 23.6. The summed E-state index contributed by atoms with van der Waals surface area (Å²) in [6, 6.07) is 3.37. The Hall–Kier alpha value is -3.63. The number of hydrogen-bond donors (Lipinski definition) is 1. The summed E-state index contributed by atoms with van der Waals surface area (Å²) in [7, 11) is 0. The molecule has 33 heavy (non-hydrogen) atoms. The van der Waals surface area contributed by atoms with Gasteiger partial charge in [0.2, 0.25) is 5.95 Å². The van der Waals surface area contributed by atoms with Gasteiger partial charge >= 0.3 is 6.18 Å². The van der Waals surface area contributed by atoms with Crippen molar-refractivity contribution in [3.63, 3.8) is 0 Å². The Morgan fingerprint density at radius 1 is 1.15 bits per heavy atom. The third-order valence-corrected chi connectivity index (χ3v) is 5.65. The minimum atomic E-state index is -4.49. The SMILES string of the molecule is Cc1cc(N2CCC[C@@H](Nc3ncc(C(F)(F)F)cn3)[C@@H]2C)c(-c2ncccn2)c(C=O)n1. The van der Waals surface area contributed by atoms with E-state index in [1.165, 1.54) is 0 Å². The van der Waals surface area contributed by atoms with E-state index >= 15 is 0 Å². The van der Waals surface area contributed by atoms with Crippen LogP contribution in [-0.2, 0) is 6.18 Å². The standard InChI is InChI=1S/C22H22F3N7O/c1-13-9-18(19(17(12-33)30-13)20-26-6-4-7-27-20)32-8-3-5-16(14(32)2)31-21-28-10-15(11-29-21)22(23,24)25/h4,6-7,9-12,14,16H,3,5,8H2,1-2H3,(H,28,29,31)/t14-,16+/m0/s1. The van der Waals surface area contributed by atoms with E-state index < -0.39 is 11.7 Å². The van der Waals surface area contributed by atoms with Crippen LogP contribution in [0.25, 0.3) is 11.4 Å². The number of alkyl halides is 3. The molecule has 11 heteroatoms. The Bertz CT molecular complexity index is 1120. The van der Waals surface area contributed by atoms with Gasteiger partial charge in [0.15, 0.2) is 12.1 Å². The number of carbonyl (C=O) groups excluding carboxylic acids is 1. The Labute approximate surface area is 188 Å². The van der Waals surface area contributed by atoms with Gasteiger partial charge in [-0.25, -0.2) is 24.9 Å². The number of aryl methyl sites for hydroxylation is 1. The number of aldehydes is 1. The number of carbonyl (C=O) groups is 1. The summed E-state index contributed by atoms with van der Waals surface area (Å²) in [5.41, 5.74) is 1.37. The van der Waals surface area contributed by atoms with Gasteiger partial charge in [-0.1, -0.05) is 0 Å². The lowest BCUT2D eigenvalue weighted by Gasteiger charge is -2.42. The quantitative estimate of drug-likeness (QED) is 0.576. The van der Waals surface area contributed by atoms with Crippen LogP contribution < -0.4 is 10.2 Å². The van der Waals surface area contributed by atoms with E-state index in [-0.39, 0.29) is 23.7 Å². The molecular weight excluding hydrogens is 435 g/mol. The number of hydrogen-bond acceptors (Lipinski definition) is 8. The molecule has 0 bridgehead atoms. The smallest absolute Gasteiger partial charge is 0.366 e. The maximum absolute atomic E-state index is 12.8. The highest BCUT2D eigenvalue weighted by Crippen LogP contribution is 2.35. The van der Waals surface area contributed by atoms with Crippen molar-refractivity contribution in [2.45, 2.75) is 44.9 Å². The highest BCUT2D eigenvalue weighted by atomic mass is 19.4. The van der Waals surface area contributed by atoms with Gasteiger partial charge < -0.3 is 10.2 Å². The maximum atomic E-state index is 12.8. The fourth-order valence-electron chi connectivity index (χ4n) is 4.04. The van der Waals surface area contributed by atoms with Crippen molar-refractivity contribution in [2.75, 3.05) is 16.8 Å². The number of piperidine rings is 1. The number of aromatic nitrogens is 5. The molecule has 0 amide bonds. The van der Waals surface area contributed by atoms with E-state index in [0.717, 1.165) is 37.5 Å². The molecule has 1 aliphatic rings. The molecule has 0 aromatic carbocycles. The summed E-state index contributed by atoms with van der Waals surface area (Å²) in [5.74, 6) is 0.531. The average Bonchev–Trinajstić information content (AvgIpc) is 2.80. The first kappa shape index (κ1) is 22.6. The lowest BCUT2D eigenvalue weighted by molar-refractivity contribution is -0.138. The van der Waals surface area contributed by atoms with Gasteiger partial charge in [-0.15, -0.1) is 0 Å². The highest BCUT2D eigenvalue weighted by molar-refractivity contribution is 5.90. The van der Waals surface area contributed by atoms with Crippen LogP contribution in [0.1, 0.15) is 41.5 Å². The molecule has 0 unspecified atom stereocenters. The molecule has 4 heterocycles. The number of anilines is 2. The normalized spacial score (nSPS) is 18.8. The number of pyridine rings is 1. The number of nitrogens with one attached hydrogen (secondary N) is 1. The Morgan fingerprint density at radius 3 is 2.48 bits per heavy atom. The van der Waals surface area contributed by atoms with Gasteiger partial charge in [-0.05, 0) is 38.8 Å². The molecule has 3 aromatic heterocycles. The highest BCUT2D eigenvalue weighted by Gasteiger charge is 2.33. The van der Waals surface area contributed by atoms with Crippen LogP contribution in [0, 0.1) is 6.92 Å². The third kappa shape index (κ3) is 4.76. The lowest BCUT2D eigenvalue weighted by Crippen LogP contribution is -2.50. The molecule has 1 saturated heterocycles. The first-order chi connectivity index (χ1) is 15.8. The van der Waals surface area contributed by atoms with Gasteiger partial charge in [-0.3, -0.25) is 4.79 Å². The Kier molecular flexibility index (Phi) is 6.21. The molecule has 4 rings (SSSR count). The average molecular weight is 457 g/mol. The molecule has 0 spiro atoms. The van der Waals surface area contributed by atoms with Gasteiger partial charge in [0.1, 0.15) is 5.69 Å². The van der Waals surface area contributed by atoms with Crippen molar-refractivity contribution < 1.29 is 18.0 Å². The molecule has 172 valence electrons. The summed E-state index contributed by atoms with van der Waals surface area (Å²) in [6.45, 7) is 4.54. The first-order valence-electron chi connectivity index (χ1n) is 10.4. The van der Waals surface area contributed by atoms with Crippen molar-refractivity contribution in [3.8, 4) is 11.4 Å². The molecule has 1 fully saturated rings. The van der Waals surface area contributed by atoms with Crippen LogP contribution in [-0.4, -0.2) is 49.8 Å². The minimum absolute atomic E-state index is 0.0894. The molecule has 1 N–H and O–H groups in total. The van der Waals surface area contributed by atoms with Crippen molar-refractivity contribution in [2.24, 2.45) is 0 Å². The zero-order valence-corrected chi connectivity index (χ0v) is 18.0. The van der Waals surface area contributed by atoms with E-state index in [0.29, 0.717) is 23.4 Å². The van der Waals surface area contributed by atoms with E-state index in [9.17, 15) is 18.0 Å². The molecule has 0 aliphatic carbocycles. The largest absolute Gasteiger partial charge is 0.419 e. The van der Waals surface area contributed by atoms with Crippen LogP contribution in [0.15, 0.2) is 36.9 Å². The van der Waals surface area contributed by atoms with Crippen molar-refractivity contribution in [1.82, 2.24) is 24.9 Å². The first-order valence-corrected chi connectivity index (χ1v) is 10.4. The summed E-state index contributed by atoms with van der Waals surface area (Å²) < 4.78 is 38.4. The minimum Gasteiger partial charge on any atom is -0.366 e. The van der Waals surface area contributed by atoms with Crippen LogP contribution in [0.4, 0.5) is 24.8 Å². The molecule has 0 radical (unpaired) electrons. The van der Waals surface area contributed by atoms with Crippen LogP contribution in [0.3, 0.4) is 0 Å². The number of halogens is 3. The molecule has 0 saturated carbocycles. The van der Waals surface area contributed by atoms with Gasteiger partial charge in [0.05, 0.1) is 16.8 Å². The van der Waals surface area contributed by atoms with E-state index in [4.69, 9.17) is 0 Å². The summed E-state index contributed by atoms with van der Waals surface area (Å²) >= 11 is 0. The second kappa shape index (κ2) is 9.08. The zero-order valence-electron chi connectivity index (χ0n) is 18.0. The van der Waals surface area contributed by atoms with E-state index in [1.807, 2.05) is 19.9 Å². The van der Waals surface area contributed by atoms with Crippen molar-refractivity contribution >= 4 is 17.9 Å². The molecule has 2 atom stereocenters. The molecule has 1 aliphatic heterocycles. The molecular formula is C22H22F3N7O. The monoisotopic (exact) mass is 457 g/mol. The van der Waals surface area contributed by atoms with Crippen molar-refractivity contribution in [1.29, 1.82) is 0 Å². The van der Waals surface area contributed by atoms with E-state index in [1.54, 1.807) is 18.5 Å². The van der Waals surface area contributed by atoms with Crippen LogP contribution in [0.5, 0.6) is 0 Å². The van der Waals surface area contributed by atoms with Gasteiger partial charge in [-0.2, -0.15) is 13.2 Å². The molecule has 3 aromatic rings. The Morgan fingerprint density at radius 2 is 1.85 bits per heavy atom. The van der Waals surface area contributed by atoms with Crippen LogP contribution in [0.2, 0.25) is 0 Å². The number of rotatable bonds is 5. The summed E-state index contributed by atoms with van der Waals surface area (Å²) in [6.07, 6.45) is 2.56. The lowest BCUT2D eigenvalue weighted by atomic mass is 9.95. The fraction of sp³-hybridized carbons (Fsp3) is 0.364. The topological polar surface area (TPSA) is 96.8 Å². The predicted octanol–water partition coefficient (Wildman–Crippen LogP) is 3.94. The number of nitrogens with zero attached hydrogens (tertiary/aromatic N) is 6.